The fourth-order valence-electron chi connectivity index (χ4n) is 1.41. The molecule has 0 spiro atoms. The number of hydrogen-bond acceptors (Lipinski definition) is 3. The molecule has 0 amide bonds. The van der Waals surface area contributed by atoms with E-state index in [2.05, 4.69) is 5.32 Å². The van der Waals surface area contributed by atoms with Crippen molar-refractivity contribution in [2.24, 2.45) is 11.8 Å². The molecular formula is C11H21NO3. The van der Waals surface area contributed by atoms with Crippen molar-refractivity contribution in [2.45, 2.75) is 45.3 Å². The Morgan fingerprint density at radius 2 is 2.07 bits per heavy atom. The van der Waals surface area contributed by atoms with Crippen molar-refractivity contribution < 1.29 is 15.0 Å². The molecule has 88 valence electrons. The van der Waals surface area contributed by atoms with Gasteiger partial charge in [-0.25, -0.2) is 0 Å². The maximum Gasteiger partial charge on any atom is 0.320 e. The minimum absolute atomic E-state index is 0.110. The van der Waals surface area contributed by atoms with E-state index < -0.39 is 17.6 Å². The zero-order valence-corrected chi connectivity index (χ0v) is 9.66. The zero-order valence-electron chi connectivity index (χ0n) is 9.66. The first-order chi connectivity index (χ1) is 6.84. The number of rotatable bonds is 6. The molecule has 1 aliphatic rings. The Labute approximate surface area is 90.7 Å². The summed E-state index contributed by atoms with van der Waals surface area (Å²) in [7, 11) is 0. The summed E-state index contributed by atoms with van der Waals surface area (Å²) in [5, 5.41) is 21.9. The third-order valence-electron chi connectivity index (χ3n) is 3.28. The summed E-state index contributed by atoms with van der Waals surface area (Å²) in [5.41, 5.74) is -0.845. The standard InChI is InChI=1S/C11H21NO3/c1-7(2)11(3,15)6-12-9(10(13)14)8-4-5-8/h7-9,12,15H,4-6H2,1-3H3,(H,13,14). The van der Waals surface area contributed by atoms with Gasteiger partial charge in [-0.15, -0.1) is 0 Å². The lowest BCUT2D eigenvalue weighted by atomic mass is 9.92. The van der Waals surface area contributed by atoms with Gasteiger partial charge in [0.25, 0.3) is 0 Å². The minimum Gasteiger partial charge on any atom is -0.480 e. The summed E-state index contributed by atoms with van der Waals surface area (Å²) in [6.45, 7) is 5.91. The van der Waals surface area contributed by atoms with Gasteiger partial charge in [0.2, 0.25) is 0 Å². The van der Waals surface area contributed by atoms with Gasteiger partial charge in [-0.05, 0) is 31.6 Å². The Morgan fingerprint density at radius 3 is 2.40 bits per heavy atom. The van der Waals surface area contributed by atoms with Crippen LogP contribution in [0.1, 0.15) is 33.6 Å². The normalized spacial score (nSPS) is 22.5. The van der Waals surface area contributed by atoms with Gasteiger partial charge in [0.05, 0.1) is 5.60 Å². The molecule has 0 bridgehead atoms. The summed E-state index contributed by atoms with van der Waals surface area (Å²) in [6.07, 6.45) is 1.96. The van der Waals surface area contributed by atoms with Gasteiger partial charge in [0, 0.05) is 6.54 Å². The molecule has 1 saturated carbocycles. The molecule has 2 atom stereocenters. The van der Waals surface area contributed by atoms with Crippen LogP contribution in [0.5, 0.6) is 0 Å². The number of nitrogens with one attached hydrogen (secondary N) is 1. The van der Waals surface area contributed by atoms with Gasteiger partial charge in [0.1, 0.15) is 6.04 Å². The largest absolute Gasteiger partial charge is 0.480 e. The Kier molecular flexibility index (Phi) is 3.73. The highest BCUT2D eigenvalue weighted by Crippen LogP contribution is 2.33. The van der Waals surface area contributed by atoms with Gasteiger partial charge < -0.3 is 15.5 Å². The van der Waals surface area contributed by atoms with E-state index >= 15 is 0 Å². The molecule has 0 heterocycles. The molecule has 4 nitrogen and oxygen atoms in total. The van der Waals surface area contributed by atoms with Crippen LogP contribution in [0.2, 0.25) is 0 Å². The lowest BCUT2D eigenvalue weighted by Crippen LogP contribution is -2.49. The lowest BCUT2D eigenvalue weighted by molar-refractivity contribution is -0.140. The Hall–Kier alpha value is -0.610. The zero-order chi connectivity index (χ0) is 11.6. The van der Waals surface area contributed by atoms with Crippen molar-refractivity contribution in [2.75, 3.05) is 6.54 Å². The summed E-state index contributed by atoms with van der Waals surface area (Å²) in [4.78, 5) is 10.9. The molecule has 0 saturated heterocycles. The first-order valence-electron chi connectivity index (χ1n) is 5.53. The van der Waals surface area contributed by atoms with Crippen molar-refractivity contribution in [3.8, 4) is 0 Å². The number of hydrogen-bond donors (Lipinski definition) is 3. The van der Waals surface area contributed by atoms with E-state index in [1.165, 1.54) is 0 Å². The van der Waals surface area contributed by atoms with E-state index in [4.69, 9.17) is 5.11 Å². The van der Waals surface area contributed by atoms with Gasteiger partial charge in [-0.3, -0.25) is 4.79 Å². The van der Waals surface area contributed by atoms with Crippen molar-refractivity contribution >= 4 is 5.97 Å². The summed E-state index contributed by atoms with van der Waals surface area (Å²) < 4.78 is 0. The maximum absolute atomic E-state index is 10.9. The number of carbonyl (C=O) groups is 1. The monoisotopic (exact) mass is 215 g/mol. The number of aliphatic hydroxyl groups is 1. The number of aliphatic carboxylic acids is 1. The van der Waals surface area contributed by atoms with E-state index in [1.807, 2.05) is 13.8 Å². The van der Waals surface area contributed by atoms with Crippen LogP contribution >= 0.6 is 0 Å². The van der Waals surface area contributed by atoms with Crippen LogP contribution < -0.4 is 5.32 Å². The second-order valence-electron chi connectivity index (χ2n) is 5.05. The highest BCUT2D eigenvalue weighted by atomic mass is 16.4. The summed E-state index contributed by atoms with van der Waals surface area (Å²) in [6, 6.07) is -0.491. The Bertz CT molecular complexity index is 234. The van der Waals surface area contributed by atoms with Crippen LogP contribution in [0.3, 0.4) is 0 Å². The predicted octanol–water partition coefficient (Wildman–Crippen LogP) is 0.846. The number of carboxylic acids is 1. The fraction of sp³-hybridized carbons (Fsp3) is 0.909. The van der Waals surface area contributed by atoms with Crippen LogP contribution in [0, 0.1) is 11.8 Å². The van der Waals surface area contributed by atoms with Crippen molar-refractivity contribution in [1.82, 2.24) is 5.32 Å². The highest BCUT2D eigenvalue weighted by molar-refractivity contribution is 5.74. The first kappa shape index (κ1) is 12.5. The second kappa shape index (κ2) is 4.49. The molecule has 3 N–H and O–H groups in total. The van der Waals surface area contributed by atoms with E-state index in [-0.39, 0.29) is 11.8 Å². The molecule has 1 fully saturated rings. The molecule has 1 rings (SSSR count). The SMILES string of the molecule is CC(C)C(C)(O)CNC(C(=O)O)C1CC1. The van der Waals surface area contributed by atoms with Crippen LogP contribution in [-0.4, -0.2) is 34.4 Å². The fourth-order valence-corrected chi connectivity index (χ4v) is 1.41. The summed E-state index contributed by atoms with van der Waals surface area (Å²) in [5.74, 6) is -0.443. The molecule has 1 aliphatic carbocycles. The third-order valence-corrected chi connectivity index (χ3v) is 3.28. The Morgan fingerprint density at radius 1 is 1.53 bits per heavy atom. The average Bonchev–Trinajstić information content (AvgIpc) is 2.87. The topological polar surface area (TPSA) is 69.6 Å². The molecule has 2 unspecified atom stereocenters. The third kappa shape index (κ3) is 3.47. The van der Waals surface area contributed by atoms with E-state index in [9.17, 15) is 9.90 Å². The smallest absolute Gasteiger partial charge is 0.320 e. The van der Waals surface area contributed by atoms with Crippen molar-refractivity contribution in [3.05, 3.63) is 0 Å². The summed E-state index contributed by atoms with van der Waals surface area (Å²) >= 11 is 0. The molecule has 4 heteroatoms. The van der Waals surface area contributed by atoms with Crippen LogP contribution in [0.25, 0.3) is 0 Å². The van der Waals surface area contributed by atoms with Gasteiger partial charge >= 0.3 is 5.97 Å². The van der Waals surface area contributed by atoms with Gasteiger partial charge in [0.15, 0.2) is 0 Å². The van der Waals surface area contributed by atoms with Gasteiger partial charge in [-0.1, -0.05) is 13.8 Å². The maximum atomic E-state index is 10.9. The lowest BCUT2D eigenvalue weighted by Gasteiger charge is -2.29. The first-order valence-corrected chi connectivity index (χ1v) is 5.53. The van der Waals surface area contributed by atoms with E-state index in [0.29, 0.717) is 6.54 Å². The molecule has 0 aromatic rings. The predicted molar refractivity (Wildman–Crippen MR) is 57.6 cm³/mol. The van der Waals surface area contributed by atoms with Crippen LogP contribution in [0.15, 0.2) is 0 Å². The molecule has 0 aromatic heterocycles. The van der Waals surface area contributed by atoms with Crippen LogP contribution in [-0.2, 0) is 4.79 Å². The minimum atomic E-state index is -0.845. The second-order valence-corrected chi connectivity index (χ2v) is 5.05. The Balaban J connectivity index is 2.43. The van der Waals surface area contributed by atoms with E-state index in [1.54, 1.807) is 6.92 Å². The highest BCUT2D eigenvalue weighted by Gasteiger charge is 2.37. The van der Waals surface area contributed by atoms with Gasteiger partial charge in [-0.2, -0.15) is 0 Å². The molecule has 0 radical (unpaired) electrons. The van der Waals surface area contributed by atoms with Crippen LogP contribution in [0.4, 0.5) is 0 Å². The average molecular weight is 215 g/mol. The molecular weight excluding hydrogens is 194 g/mol. The van der Waals surface area contributed by atoms with Crippen molar-refractivity contribution in [3.63, 3.8) is 0 Å². The van der Waals surface area contributed by atoms with Crippen molar-refractivity contribution in [1.29, 1.82) is 0 Å². The molecule has 0 aromatic carbocycles. The molecule has 0 aliphatic heterocycles. The van der Waals surface area contributed by atoms with E-state index in [0.717, 1.165) is 12.8 Å². The number of carboxylic acid groups (broad SMARTS) is 1. The molecule has 15 heavy (non-hydrogen) atoms. The quantitative estimate of drug-likeness (QED) is 0.614.